The Hall–Kier alpha value is -2.46. The van der Waals surface area contributed by atoms with Gasteiger partial charge in [-0.1, -0.05) is 23.7 Å². The summed E-state index contributed by atoms with van der Waals surface area (Å²) in [5.74, 6) is -0.680. The fourth-order valence-electron chi connectivity index (χ4n) is 2.58. The number of nitrogens with zero attached hydrogens (tertiary/aromatic N) is 2. The van der Waals surface area contributed by atoms with Crippen LogP contribution in [0.5, 0.6) is 0 Å². The van der Waals surface area contributed by atoms with E-state index in [0.717, 1.165) is 4.57 Å². The Morgan fingerprint density at radius 3 is 2.73 bits per heavy atom. The van der Waals surface area contributed by atoms with Crippen molar-refractivity contribution in [3.63, 3.8) is 0 Å². The van der Waals surface area contributed by atoms with Crippen LogP contribution in [0.4, 0.5) is 5.82 Å². The number of aliphatic hydroxyl groups is 2. The molecule has 0 aliphatic carbocycles. The van der Waals surface area contributed by atoms with Crippen molar-refractivity contribution in [2.24, 2.45) is 0 Å². The topological polar surface area (TPSA) is 137 Å². The highest BCUT2D eigenvalue weighted by atomic mass is 35.5. The van der Waals surface area contributed by atoms with Gasteiger partial charge in [0.05, 0.1) is 10.6 Å². The van der Waals surface area contributed by atoms with E-state index in [4.69, 9.17) is 26.8 Å². The molecule has 2 heterocycles. The molecule has 0 bridgehead atoms. The van der Waals surface area contributed by atoms with Crippen molar-refractivity contribution in [2.75, 3.05) is 12.3 Å². The number of esters is 1. The molecule has 9 nitrogen and oxygen atoms in total. The predicted octanol–water partition coefficient (Wildman–Crippen LogP) is -0.0449. The zero-order valence-electron chi connectivity index (χ0n) is 13.4. The molecule has 2 aromatic rings. The van der Waals surface area contributed by atoms with Gasteiger partial charge in [0.2, 0.25) is 0 Å². The first-order chi connectivity index (χ1) is 12.4. The smallest absolute Gasteiger partial charge is 0.351 e. The normalized spacial score (nSPS) is 25.2. The standard InChI is InChI=1S/C16H16ClN3O6/c17-9-4-2-1-3-8(9)15(23)25-7-10-12(21)13(22)14(26-10)20-6-5-11(18)19-16(20)24/h1-6,10,12-14,21-22H,7H2,(H2,18,19,24)/t10-,12-,13+,14-/m1/s1. The first-order valence-electron chi connectivity index (χ1n) is 7.66. The van der Waals surface area contributed by atoms with E-state index < -0.39 is 36.2 Å². The summed E-state index contributed by atoms with van der Waals surface area (Å²) < 4.78 is 11.6. The maximum Gasteiger partial charge on any atom is 0.351 e. The zero-order chi connectivity index (χ0) is 18.8. The van der Waals surface area contributed by atoms with E-state index in [0.29, 0.717) is 0 Å². The van der Waals surface area contributed by atoms with Crippen molar-refractivity contribution in [1.29, 1.82) is 0 Å². The number of nitrogen functional groups attached to an aromatic ring is 1. The van der Waals surface area contributed by atoms with Crippen molar-refractivity contribution in [2.45, 2.75) is 24.5 Å². The molecule has 1 aliphatic rings. The van der Waals surface area contributed by atoms with Crippen molar-refractivity contribution in [3.8, 4) is 0 Å². The summed E-state index contributed by atoms with van der Waals surface area (Å²) in [7, 11) is 0. The molecule has 0 saturated carbocycles. The summed E-state index contributed by atoms with van der Waals surface area (Å²) in [6, 6.07) is 7.69. The summed E-state index contributed by atoms with van der Waals surface area (Å²) in [5, 5.41) is 20.5. The van der Waals surface area contributed by atoms with E-state index in [-0.39, 0.29) is 23.0 Å². The Morgan fingerprint density at radius 2 is 2.04 bits per heavy atom. The maximum atomic E-state index is 12.1. The van der Waals surface area contributed by atoms with Crippen LogP contribution in [0, 0.1) is 0 Å². The second-order valence-electron chi connectivity index (χ2n) is 5.67. The van der Waals surface area contributed by atoms with Gasteiger partial charge in [-0.25, -0.2) is 9.59 Å². The van der Waals surface area contributed by atoms with Gasteiger partial charge in [0.15, 0.2) is 6.23 Å². The monoisotopic (exact) mass is 381 g/mol. The number of aliphatic hydroxyl groups excluding tert-OH is 2. The van der Waals surface area contributed by atoms with Gasteiger partial charge in [0.25, 0.3) is 0 Å². The molecular formula is C16H16ClN3O6. The molecule has 1 aromatic heterocycles. The van der Waals surface area contributed by atoms with Crippen LogP contribution < -0.4 is 11.4 Å². The van der Waals surface area contributed by atoms with Crippen molar-refractivity contribution < 1.29 is 24.5 Å². The third-order valence-electron chi connectivity index (χ3n) is 3.94. The molecular weight excluding hydrogens is 366 g/mol. The van der Waals surface area contributed by atoms with Crippen molar-refractivity contribution in [1.82, 2.24) is 9.55 Å². The number of carbonyl (C=O) groups excluding carboxylic acids is 1. The lowest BCUT2D eigenvalue weighted by molar-refractivity contribution is -0.0598. The summed E-state index contributed by atoms with van der Waals surface area (Å²) >= 11 is 5.92. The van der Waals surface area contributed by atoms with E-state index in [1.54, 1.807) is 18.2 Å². The molecule has 0 radical (unpaired) electrons. The largest absolute Gasteiger partial charge is 0.459 e. The number of hydrogen-bond acceptors (Lipinski definition) is 8. The van der Waals surface area contributed by atoms with E-state index in [1.807, 2.05) is 0 Å². The number of ether oxygens (including phenoxy) is 2. The van der Waals surface area contributed by atoms with Gasteiger partial charge >= 0.3 is 11.7 Å². The lowest BCUT2D eigenvalue weighted by Gasteiger charge is -2.16. The molecule has 3 rings (SSSR count). The van der Waals surface area contributed by atoms with Crippen LogP contribution in [-0.2, 0) is 9.47 Å². The Morgan fingerprint density at radius 1 is 1.31 bits per heavy atom. The van der Waals surface area contributed by atoms with E-state index in [2.05, 4.69) is 4.98 Å². The second-order valence-corrected chi connectivity index (χ2v) is 6.07. The first kappa shape index (κ1) is 18.3. The maximum absolute atomic E-state index is 12.1. The number of aromatic nitrogens is 2. The fourth-order valence-corrected chi connectivity index (χ4v) is 2.79. The van der Waals surface area contributed by atoms with Gasteiger partial charge in [-0.15, -0.1) is 0 Å². The van der Waals surface area contributed by atoms with Crippen molar-refractivity contribution >= 4 is 23.4 Å². The van der Waals surface area contributed by atoms with Crippen LogP contribution in [0.15, 0.2) is 41.3 Å². The number of halogens is 1. The molecule has 1 aromatic carbocycles. The van der Waals surface area contributed by atoms with Gasteiger partial charge in [0.1, 0.15) is 30.7 Å². The summed E-state index contributed by atoms with van der Waals surface area (Å²) in [5.41, 5.74) is 4.84. The Kier molecular flexibility index (Phi) is 5.23. The number of anilines is 1. The van der Waals surface area contributed by atoms with Crippen LogP contribution in [0.2, 0.25) is 5.02 Å². The van der Waals surface area contributed by atoms with Crippen LogP contribution >= 0.6 is 11.6 Å². The molecule has 138 valence electrons. The summed E-state index contributed by atoms with van der Waals surface area (Å²) in [6.07, 6.45) is -3.71. The molecule has 0 amide bonds. The highest BCUT2D eigenvalue weighted by Gasteiger charge is 2.44. The summed E-state index contributed by atoms with van der Waals surface area (Å²) in [6.45, 7) is -0.337. The average Bonchev–Trinajstić information content (AvgIpc) is 2.88. The predicted molar refractivity (Wildman–Crippen MR) is 90.6 cm³/mol. The highest BCUT2D eigenvalue weighted by molar-refractivity contribution is 6.33. The van der Waals surface area contributed by atoms with Crippen LogP contribution in [0.3, 0.4) is 0 Å². The summed E-state index contributed by atoms with van der Waals surface area (Å²) in [4.78, 5) is 27.5. The number of hydrogen-bond donors (Lipinski definition) is 3. The molecule has 0 spiro atoms. The van der Waals surface area contributed by atoms with Crippen LogP contribution in [-0.4, -0.2) is 50.7 Å². The molecule has 0 unspecified atom stereocenters. The van der Waals surface area contributed by atoms with Gasteiger partial charge in [-0.05, 0) is 18.2 Å². The second kappa shape index (κ2) is 7.42. The Bertz CT molecular complexity index is 873. The van der Waals surface area contributed by atoms with Gasteiger partial charge in [0, 0.05) is 6.20 Å². The number of nitrogens with two attached hydrogens (primary N) is 1. The minimum atomic E-state index is -1.41. The van der Waals surface area contributed by atoms with Gasteiger partial charge < -0.3 is 25.4 Å². The lowest BCUT2D eigenvalue weighted by Crippen LogP contribution is -2.36. The Balaban J connectivity index is 1.69. The molecule has 1 saturated heterocycles. The number of benzene rings is 1. The van der Waals surface area contributed by atoms with Crippen molar-refractivity contribution in [3.05, 3.63) is 57.6 Å². The van der Waals surface area contributed by atoms with Crippen LogP contribution in [0.25, 0.3) is 0 Å². The highest BCUT2D eigenvalue weighted by Crippen LogP contribution is 2.29. The third kappa shape index (κ3) is 3.56. The van der Waals surface area contributed by atoms with E-state index >= 15 is 0 Å². The minimum absolute atomic E-state index is 0.0181. The van der Waals surface area contributed by atoms with E-state index in [9.17, 15) is 19.8 Å². The van der Waals surface area contributed by atoms with Gasteiger partial charge in [-0.3, -0.25) is 4.57 Å². The number of rotatable bonds is 4. The molecule has 10 heteroatoms. The fraction of sp³-hybridized carbons (Fsp3) is 0.312. The molecule has 4 atom stereocenters. The van der Waals surface area contributed by atoms with Gasteiger partial charge in [-0.2, -0.15) is 4.98 Å². The SMILES string of the molecule is Nc1ccn([C@@H]2O[C@H](COC(=O)c3ccccc3Cl)[C@@H](O)[C@@H]2O)c(=O)n1. The average molecular weight is 382 g/mol. The van der Waals surface area contributed by atoms with Crippen LogP contribution in [0.1, 0.15) is 16.6 Å². The Labute approximate surface area is 152 Å². The molecule has 1 fully saturated rings. The molecule has 1 aliphatic heterocycles. The first-order valence-corrected chi connectivity index (χ1v) is 8.04. The third-order valence-corrected chi connectivity index (χ3v) is 4.26. The molecule has 26 heavy (non-hydrogen) atoms. The lowest BCUT2D eigenvalue weighted by atomic mass is 10.1. The zero-order valence-corrected chi connectivity index (χ0v) is 14.1. The quantitative estimate of drug-likeness (QED) is 0.627. The minimum Gasteiger partial charge on any atom is -0.459 e. The van der Waals surface area contributed by atoms with E-state index in [1.165, 1.54) is 18.3 Å². The number of carbonyl (C=O) groups is 1. The molecule has 4 N–H and O–H groups in total.